The molecule has 2 fully saturated rings. The molecule has 2 amide bonds. The number of aromatic nitrogens is 2. The summed E-state index contributed by atoms with van der Waals surface area (Å²) in [7, 11) is 0. The quantitative estimate of drug-likeness (QED) is 0.772. The number of amides is 2. The second kappa shape index (κ2) is 10.5. The van der Waals surface area contributed by atoms with Crippen LogP contribution in [0.3, 0.4) is 0 Å². The number of piperidine rings is 2. The highest BCUT2D eigenvalue weighted by Gasteiger charge is 2.31. The summed E-state index contributed by atoms with van der Waals surface area (Å²) in [6, 6.07) is 8.20. The van der Waals surface area contributed by atoms with Crippen molar-refractivity contribution in [1.29, 1.82) is 0 Å². The molecule has 4 heterocycles. The predicted octanol–water partition coefficient (Wildman–Crippen LogP) is 2.04. The third kappa shape index (κ3) is 5.88. The molecule has 0 spiro atoms. The highest BCUT2D eigenvalue weighted by Crippen LogP contribution is 2.24. The standard InChI is InChI=1S/C24H31N5O2/c30-23(15-19-3-1-9-25-16-19)29-13-7-22(8-14-29)28-11-5-21(6-12-28)24(31)27-18-20-4-2-10-26-17-20/h1-4,9-10,16-17,21-22H,5-8,11-15,18H2,(H,27,31). The molecule has 7 nitrogen and oxygen atoms in total. The first-order valence-electron chi connectivity index (χ1n) is 11.3. The number of nitrogens with one attached hydrogen (secondary N) is 1. The van der Waals surface area contributed by atoms with Gasteiger partial charge in [-0.25, -0.2) is 0 Å². The van der Waals surface area contributed by atoms with Crippen LogP contribution in [0.15, 0.2) is 49.1 Å². The first-order valence-corrected chi connectivity index (χ1v) is 11.3. The van der Waals surface area contributed by atoms with E-state index in [9.17, 15) is 9.59 Å². The molecule has 31 heavy (non-hydrogen) atoms. The number of carbonyl (C=O) groups is 2. The minimum Gasteiger partial charge on any atom is -0.352 e. The number of carbonyl (C=O) groups excluding carboxylic acids is 2. The second-order valence-electron chi connectivity index (χ2n) is 8.54. The molecule has 0 atom stereocenters. The van der Waals surface area contributed by atoms with Crippen LogP contribution in [0.25, 0.3) is 0 Å². The number of hydrogen-bond acceptors (Lipinski definition) is 5. The van der Waals surface area contributed by atoms with Gasteiger partial charge < -0.3 is 15.1 Å². The largest absolute Gasteiger partial charge is 0.352 e. The SMILES string of the molecule is O=C(NCc1cccnc1)C1CCN(C2CCN(C(=O)Cc3cccnc3)CC2)CC1. The summed E-state index contributed by atoms with van der Waals surface area (Å²) >= 11 is 0. The number of nitrogens with zero attached hydrogens (tertiary/aromatic N) is 4. The summed E-state index contributed by atoms with van der Waals surface area (Å²) in [6.07, 6.45) is 11.3. The van der Waals surface area contributed by atoms with Crippen LogP contribution in [0.1, 0.15) is 36.8 Å². The minimum absolute atomic E-state index is 0.0917. The molecule has 0 saturated carbocycles. The fourth-order valence-corrected chi connectivity index (χ4v) is 4.63. The van der Waals surface area contributed by atoms with Gasteiger partial charge >= 0.3 is 0 Å². The van der Waals surface area contributed by atoms with Crippen molar-refractivity contribution >= 4 is 11.8 Å². The van der Waals surface area contributed by atoms with Crippen LogP contribution in [0.2, 0.25) is 0 Å². The Morgan fingerprint density at radius 1 is 0.903 bits per heavy atom. The Morgan fingerprint density at radius 3 is 2.16 bits per heavy atom. The fourth-order valence-electron chi connectivity index (χ4n) is 4.63. The van der Waals surface area contributed by atoms with Crippen LogP contribution < -0.4 is 5.32 Å². The highest BCUT2D eigenvalue weighted by molar-refractivity contribution is 5.79. The van der Waals surface area contributed by atoms with Crippen molar-refractivity contribution in [2.24, 2.45) is 5.92 Å². The topological polar surface area (TPSA) is 78.4 Å². The molecule has 0 unspecified atom stereocenters. The van der Waals surface area contributed by atoms with Crippen LogP contribution >= 0.6 is 0 Å². The molecular formula is C24H31N5O2. The zero-order valence-electron chi connectivity index (χ0n) is 17.9. The van der Waals surface area contributed by atoms with Gasteiger partial charge in [-0.1, -0.05) is 12.1 Å². The number of likely N-dealkylation sites (tertiary alicyclic amines) is 2. The van der Waals surface area contributed by atoms with Crippen molar-refractivity contribution in [3.63, 3.8) is 0 Å². The molecule has 0 aromatic carbocycles. The highest BCUT2D eigenvalue weighted by atomic mass is 16.2. The zero-order valence-corrected chi connectivity index (χ0v) is 17.9. The van der Waals surface area contributed by atoms with Gasteiger partial charge in [0.1, 0.15) is 0 Å². The smallest absolute Gasteiger partial charge is 0.227 e. The number of rotatable bonds is 6. The maximum atomic E-state index is 12.6. The normalized spacial score (nSPS) is 18.6. The molecule has 2 aliphatic heterocycles. The maximum absolute atomic E-state index is 12.6. The summed E-state index contributed by atoms with van der Waals surface area (Å²) in [5.41, 5.74) is 2.00. The molecule has 2 saturated heterocycles. The molecule has 0 radical (unpaired) electrons. The van der Waals surface area contributed by atoms with Gasteiger partial charge in [0, 0.05) is 56.4 Å². The molecule has 4 rings (SSSR count). The van der Waals surface area contributed by atoms with Gasteiger partial charge in [0.25, 0.3) is 0 Å². The van der Waals surface area contributed by atoms with Crippen LogP contribution in [0, 0.1) is 5.92 Å². The van der Waals surface area contributed by atoms with E-state index in [-0.39, 0.29) is 17.7 Å². The first-order chi connectivity index (χ1) is 15.2. The molecule has 2 aromatic rings. The van der Waals surface area contributed by atoms with Crippen molar-refractivity contribution in [3.8, 4) is 0 Å². The Labute approximate surface area is 183 Å². The lowest BCUT2D eigenvalue weighted by molar-refractivity contribution is -0.132. The molecule has 0 bridgehead atoms. The lowest BCUT2D eigenvalue weighted by atomic mass is 9.92. The summed E-state index contributed by atoms with van der Waals surface area (Å²) in [6.45, 7) is 4.08. The van der Waals surface area contributed by atoms with E-state index < -0.39 is 0 Å². The van der Waals surface area contributed by atoms with E-state index in [2.05, 4.69) is 20.2 Å². The van der Waals surface area contributed by atoms with Gasteiger partial charge in [-0.3, -0.25) is 19.6 Å². The summed E-state index contributed by atoms with van der Waals surface area (Å²) in [5.74, 6) is 0.434. The fraction of sp³-hybridized carbons (Fsp3) is 0.500. The van der Waals surface area contributed by atoms with Crippen LogP contribution in [0.5, 0.6) is 0 Å². The van der Waals surface area contributed by atoms with Crippen molar-refractivity contribution in [2.45, 2.75) is 44.7 Å². The van der Waals surface area contributed by atoms with E-state index in [4.69, 9.17) is 0 Å². The summed E-state index contributed by atoms with van der Waals surface area (Å²) in [5, 5.41) is 3.06. The lowest BCUT2D eigenvalue weighted by Crippen LogP contribution is -2.50. The Kier molecular flexibility index (Phi) is 7.25. The summed E-state index contributed by atoms with van der Waals surface area (Å²) in [4.78, 5) is 37.8. The van der Waals surface area contributed by atoms with Crippen LogP contribution in [-0.2, 0) is 22.6 Å². The van der Waals surface area contributed by atoms with Gasteiger partial charge in [-0.2, -0.15) is 0 Å². The van der Waals surface area contributed by atoms with Crippen molar-refractivity contribution in [2.75, 3.05) is 26.2 Å². The van der Waals surface area contributed by atoms with Crippen molar-refractivity contribution in [1.82, 2.24) is 25.1 Å². The minimum atomic E-state index is 0.0917. The Morgan fingerprint density at radius 2 is 1.55 bits per heavy atom. The van der Waals surface area contributed by atoms with Crippen LogP contribution in [0.4, 0.5) is 0 Å². The maximum Gasteiger partial charge on any atom is 0.227 e. The van der Waals surface area contributed by atoms with E-state index >= 15 is 0 Å². The number of hydrogen-bond donors (Lipinski definition) is 1. The average Bonchev–Trinajstić information content (AvgIpc) is 2.84. The Balaban J connectivity index is 1.17. The molecule has 2 aliphatic rings. The Bertz CT molecular complexity index is 845. The zero-order chi connectivity index (χ0) is 21.5. The van der Waals surface area contributed by atoms with Crippen LogP contribution in [-0.4, -0.2) is 63.8 Å². The van der Waals surface area contributed by atoms with E-state index in [0.717, 1.165) is 63.0 Å². The van der Waals surface area contributed by atoms with E-state index in [0.29, 0.717) is 19.0 Å². The van der Waals surface area contributed by atoms with E-state index in [1.54, 1.807) is 24.8 Å². The van der Waals surface area contributed by atoms with Gasteiger partial charge in [-0.15, -0.1) is 0 Å². The molecule has 2 aromatic heterocycles. The molecule has 0 aliphatic carbocycles. The predicted molar refractivity (Wildman–Crippen MR) is 118 cm³/mol. The van der Waals surface area contributed by atoms with Gasteiger partial charge in [0.2, 0.25) is 11.8 Å². The molecular weight excluding hydrogens is 390 g/mol. The summed E-state index contributed by atoms with van der Waals surface area (Å²) < 4.78 is 0. The van der Waals surface area contributed by atoms with Gasteiger partial charge in [-0.05, 0) is 62.0 Å². The number of pyridine rings is 2. The third-order valence-corrected chi connectivity index (χ3v) is 6.50. The Hall–Kier alpha value is -2.80. The molecule has 1 N–H and O–H groups in total. The third-order valence-electron chi connectivity index (χ3n) is 6.50. The lowest BCUT2D eigenvalue weighted by Gasteiger charge is -2.41. The van der Waals surface area contributed by atoms with E-state index in [1.165, 1.54) is 0 Å². The first kappa shape index (κ1) is 21.4. The average molecular weight is 422 g/mol. The van der Waals surface area contributed by atoms with Gasteiger partial charge in [0.15, 0.2) is 0 Å². The second-order valence-corrected chi connectivity index (χ2v) is 8.54. The molecule has 164 valence electrons. The van der Waals surface area contributed by atoms with Crippen molar-refractivity contribution < 1.29 is 9.59 Å². The monoisotopic (exact) mass is 421 g/mol. The van der Waals surface area contributed by atoms with E-state index in [1.807, 2.05) is 29.2 Å². The molecule has 7 heteroatoms. The van der Waals surface area contributed by atoms with Crippen molar-refractivity contribution in [3.05, 3.63) is 60.2 Å². The van der Waals surface area contributed by atoms with Gasteiger partial charge in [0.05, 0.1) is 6.42 Å².